The molecule has 0 atom stereocenters. The van der Waals surface area contributed by atoms with E-state index in [2.05, 4.69) is 10.6 Å². The molecule has 1 aromatic heterocycles. The third-order valence-electron chi connectivity index (χ3n) is 2.11. The average Bonchev–Trinajstić information content (AvgIpc) is 2.77. The quantitative estimate of drug-likeness (QED) is 0.801. The second kappa shape index (κ2) is 5.17. The van der Waals surface area contributed by atoms with Gasteiger partial charge in [-0.05, 0) is 17.7 Å². The van der Waals surface area contributed by atoms with Crippen molar-refractivity contribution in [3.63, 3.8) is 0 Å². The van der Waals surface area contributed by atoms with Gasteiger partial charge in [0.25, 0.3) is 11.9 Å². The van der Waals surface area contributed by atoms with E-state index in [0.717, 1.165) is 0 Å². The van der Waals surface area contributed by atoms with E-state index in [1.54, 1.807) is 12.1 Å². The topological polar surface area (TPSA) is 88.5 Å². The van der Waals surface area contributed by atoms with Crippen molar-refractivity contribution in [2.75, 3.05) is 11.9 Å². The molecule has 2 aromatic rings. The summed E-state index contributed by atoms with van der Waals surface area (Å²) in [7, 11) is 0. The molecular formula is C11H12N3O4+. The van der Waals surface area contributed by atoms with Gasteiger partial charge in [-0.3, -0.25) is 9.84 Å². The molecule has 1 aromatic carbocycles. The number of ether oxygens (including phenoxy) is 1. The zero-order valence-corrected chi connectivity index (χ0v) is 9.66. The van der Waals surface area contributed by atoms with E-state index in [-0.39, 0.29) is 5.88 Å². The molecule has 0 aliphatic heterocycles. The Hall–Kier alpha value is -2.57. The highest BCUT2D eigenvalue weighted by molar-refractivity contribution is 5.80. The molecule has 0 aliphatic rings. The van der Waals surface area contributed by atoms with Crippen molar-refractivity contribution < 1.29 is 23.8 Å². The summed E-state index contributed by atoms with van der Waals surface area (Å²) in [5, 5.41) is 14.3. The molecule has 0 bridgehead atoms. The van der Waals surface area contributed by atoms with Gasteiger partial charge in [-0.1, -0.05) is 12.1 Å². The monoisotopic (exact) mass is 250 g/mol. The maximum absolute atomic E-state index is 10.5. The van der Waals surface area contributed by atoms with Crippen LogP contribution in [-0.4, -0.2) is 23.1 Å². The number of para-hydroxylation sites is 2. The van der Waals surface area contributed by atoms with Crippen LogP contribution in [0, 0.1) is 0 Å². The van der Waals surface area contributed by atoms with Crippen LogP contribution in [0.5, 0.6) is 5.75 Å². The van der Waals surface area contributed by atoms with Gasteiger partial charge in [0, 0.05) is 6.07 Å². The minimum Gasteiger partial charge on any atom is -0.487 e. The summed E-state index contributed by atoms with van der Waals surface area (Å²) in [5.41, 5.74) is 0.668. The molecule has 0 saturated heterocycles. The lowest BCUT2D eigenvalue weighted by Crippen LogP contribution is -2.32. The Labute approximate surface area is 103 Å². The van der Waals surface area contributed by atoms with Crippen molar-refractivity contribution in [3.8, 4) is 11.4 Å². The Balaban J connectivity index is 2.30. The lowest BCUT2D eigenvalue weighted by atomic mass is 10.3. The number of hydrogen-bond donors (Lipinski definition) is 2. The number of hydrogen-bond acceptors (Lipinski definition) is 4. The third-order valence-corrected chi connectivity index (χ3v) is 2.11. The van der Waals surface area contributed by atoms with E-state index >= 15 is 0 Å². The molecule has 1 heterocycles. The van der Waals surface area contributed by atoms with Gasteiger partial charge in [0.05, 0.1) is 6.61 Å². The first kappa shape index (κ1) is 11.9. The minimum atomic E-state index is -1.21. The van der Waals surface area contributed by atoms with E-state index in [0.29, 0.717) is 18.0 Å². The largest absolute Gasteiger partial charge is 0.487 e. The van der Waals surface area contributed by atoms with Crippen molar-refractivity contribution in [1.29, 1.82) is 0 Å². The summed E-state index contributed by atoms with van der Waals surface area (Å²) >= 11 is 0. The molecule has 94 valence electrons. The number of nitrogens with one attached hydrogen (secondary N) is 1. The SMILES string of the molecule is CCOc1ccccc1-[n+]1cc(NC(=O)O)on1. The number of carboxylic acid groups (broad SMARTS) is 1. The number of amides is 1. The van der Waals surface area contributed by atoms with Gasteiger partial charge in [-0.25, -0.2) is 4.79 Å². The normalized spacial score (nSPS) is 10.1. The van der Waals surface area contributed by atoms with Crippen LogP contribution in [0.1, 0.15) is 6.92 Å². The van der Waals surface area contributed by atoms with E-state index in [4.69, 9.17) is 14.4 Å². The van der Waals surface area contributed by atoms with Crippen molar-refractivity contribution in [2.45, 2.75) is 6.92 Å². The third kappa shape index (κ3) is 2.57. The number of rotatable bonds is 4. The van der Waals surface area contributed by atoms with Crippen LogP contribution in [0.3, 0.4) is 0 Å². The van der Waals surface area contributed by atoms with Gasteiger partial charge in [-0.2, -0.15) is 0 Å². The first-order valence-electron chi connectivity index (χ1n) is 5.31. The Kier molecular flexibility index (Phi) is 3.42. The molecule has 0 fully saturated rings. The molecule has 0 unspecified atom stereocenters. The second-order valence-electron chi connectivity index (χ2n) is 3.34. The lowest BCUT2D eigenvalue weighted by Gasteiger charge is -2.01. The molecular weight excluding hydrogens is 238 g/mol. The standard InChI is InChI=1S/C11H11N3O4/c1-2-17-9-6-4-3-5-8(9)14-7-10(18-13-14)12-11(15)16/h3-7H,2H2,1H3,(H-,12,13,15,16)/p+1. The van der Waals surface area contributed by atoms with Gasteiger partial charge in [0.2, 0.25) is 5.27 Å². The van der Waals surface area contributed by atoms with Crippen molar-refractivity contribution in [1.82, 2.24) is 5.27 Å². The van der Waals surface area contributed by atoms with Crippen LogP contribution in [-0.2, 0) is 0 Å². The predicted octanol–water partition coefficient (Wildman–Crippen LogP) is 1.44. The van der Waals surface area contributed by atoms with Crippen LogP contribution >= 0.6 is 0 Å². The number of nitrogens with zero attached hydrogens (tertiary/aromatic N) is 2. The first-order valence-corrected chi connectivity index (χ1v) is 5.31. The highest BCUT2D eigenvalue weighted by Gasteiger charge is 2.20. The van der Waals surface area contributed by atoms with E-state index < -0.39 is 6.09 Å². The molecule has 18 heavy (non-hydrogen) atoms. The molecule has 7 nitrogen and oxygen atoms in total. The van der Waals surface area contributed by atoms with Crippen LogP contribution in [0.25, 0.3) is 5.69 Å². The molecule has 2 rings (SSSR count). The number of benzene rings is 1. The fourth-order valence-electron chi connectivity index (χ4n) is 1.44. The van der Waals surface area contributed by atoms with Gasteiger partial charge < -0.3 is 9.84 Å². The smallest absolute Gasteiger partial charge is 0.411 e. The van der Waals surface area contributed by atoms with E-state index in [9.17, 15) is 4.79 Å². The minimum absolute atomic E-state index is 0.0359. The van der Waals surface area contributed by atoms with E-state index in [1.165, 1.54) is 10.9 Å². The Bertz CT molecular complexity index is 553. The van der Waals surface area contributed by atoms with Crippen molar-refractivity contribution >= 4 is 12.0 Å². The van der Waals surface area contributed by atoms with Gasteiger partial charge in [0.15, 0.2) is 5.75 Å². The predicted molar refractivity (Wildman–Crippen MR) is 60.9 cm³/mol. The van der Waals surface area contributed by atoms with Crippen molar-refractivity contribution in [3.05, 3.63) is 30.5 Å². The summed E-state index contributed by atoms with van der Waals surface area (Å²) in [6.45, 7) is 2.40. The van der Waals surface area contributed by atoms with Gasteiger partial charge in [-0.15, -0.1) is 0 Å². The molecule has 0 saturated carbocycles. The van der Waals surface area contributed by atoms with Crippen LogP contribution in [0.15, 0.2) is 35.0 Å². The zero-order valence-electron chi connectivity index (χ0n) is 9.66. The number of carbonyl (C=O) groups is 1. The Morgan fingerprint density at radius 1 is 1.56 bits per heavy atom. The first-order chi connectivity index (χ1) is 8.70. The van der Waals surface area contributed by atoms with Gasteiger partial charge >= 0.3 is 12.0 Å². The zero-order chi connectivity index (χ0) is 13.0. The molecule has 0 radical (unpaired) electrons. The summed E-state index contributed by atoms with van der Waals surface area (Å²) in [6.07, 6.45) is 0.211. The Morgan fingerprint density at radius 2 is 2.33 bits per heavy atom. The Morgan fingerprint density at radius 3 is 3.06 bits per heavy atom. The van der Waals surface area contributed by atoms with Crippen LogP contribution in [0.2, 0.25) is 0 Å². The summed E-state index contributed by atoms with van der Waals surface area (Å²) in [5.74, 6) is 0.675. The van der Waals surface area contributed by atoms with Crippen LogP contribution < -0.4 is 14.7 Å². The highest BCUT2D eigenvalue weighted by atomic mass is 16.5. The number of anilines is 1. The highest BCUT2D eigenvalue weighted by Crippen LogP contribution is 2.17. The summed E-state index contributed by atoms with van der Waals surface area (Å²) in [4.78, 5) is 10.5. The molecule has 1 amide bonds. The fraction of sp³-hybridized carbons (Fsp3) is 0.182. The number of aromatic nitrogens is 2. The lowest BCUT2D eigenvalue weighted by molar-refractivity contribution is -0.670. The molecule has 0 spiro atoms. The van der Waals surface area contributed by atoms with Crippen LogP contribution in [0.4, 0.5) is 10.7 Å². The molecule has 2 N–H and O–H groups in total. The maximum Gasteiger partial charge on any atom is 0.411 e. The van der Waals surface area contributed by atoms with Gasteiger partial charge in [0.1, 0.15) is 0 Å². The second-order valence-corrected chi connectivity index (χ2v) is 3.34. The molecule has 0 aliphatic carbocycles. The fourth-order valence-corrected chi connectivity index (χ4v) is 1.44. The van der Waals surface area contributed by atoms with E-state index in [1.807, 2.05) is 19.1 Å². The molecule has 7 heteroatoms. The summed E-state index contributed by atoms with van der Waals surface area (Å²) in [6, 6.07) is 7.25. The van der Waals surface area contributed by atoms with Crippen molar-refractivity contribution in [2.24, 2.45) is 0 Å². The maximum atomic E-state index is 10.5. The summed E-state index contributed by atoms with van der Waals surface area (Å²) < 4.78 is 11.7. The average molecular weight is 250 g/mol.